The molecule has 5 heteroatoms. The quantitative estimate of drug-likeness (QED) is 0.741. The first-order chi connectivity index (χ1) is 11.1. The van der Waals surface area contributed by atoms with Crippen molar-refractivity contribution in [1.82, 2.24) is 4.90 Å². The Labute approximate surface area is 150 Å². The van der Waals surface area contributed by atoms with Crippen LogP contribution >= 0.6 is 35.0 Å². The number of aryl methyl sites for hydroxylation is 1. The summed E-state index contributed by atoms with van der Waals surface area (Å²) in [4.78, 5) is 14.6. The van der Waals surface area contributed by atoms with Gasteiger partial charge in [-0.05, 0) is 24.1 Å². The first-order valence-corrected chi connectivity index (χ1v) is 9.35. The summed E-state index contributed by atoms with van der Waals surface area (Å²) < 4.78 is 0. The number of nitrogens with zero attached hydrogens (tertiary/aromatic N) is 1. The molecule has 0 saturated carbocycles. The monoisotopic (exact) mass is 365 g/mol. The number of benzene rings is 2. The maximum atomic E-state index is 12.6. The Morgan fingerprint density at radius 3 is 2.70 bits per heavy atom. The van der Waals surface area contributed by atoms with Gasteiger partial charge in [-0.25, -0.2) is 0 Å². The topological polar surface area (TPSA) is 20.3 Å². The molecule has 23 heavy (non-hydrogen) atoms. The molecule has 1 heterocycles. The Kier molecular flexibility index (Phi) is 5.52. The van der Waals surface area contributed by atoms with E-state index in [1.807, 2.05) is 35.2 Å². The van der Waals surface area contributed by atoms with Crippen LogP contribution in [0.3, 0.4) is 0 Å². The van der Waals surface area contributed by atoms with Gasteiger partial charge in [0.05, 0.1) is 0 Å². The lowest BCUT2D eigenvalue weighted by atomic mass is 10.1. The van der Waals surface area contributed by atoms with Gasteiger partial charge in [0.2, 0.25) is 5.91 Å². The molecule has 1 aliphatic rings. The smallest absolute Gasteiger partial charge is 0.224 e. The van der Waals surface area contributed by atoms with Crippen LogP contribution in [0.15, 0.2) is 48.5 Å². The van der Waals surface area contributed by atoms with Crippen molar-refractivity contribution in [2.45, 2.75) is 18.2 Å². The molecular formula is C18H17Cl2NOS. The van der Waals surface area contributed by atoms with Crippen LogP contribution in [0.25, 0.3) is 0 Å². The zero-order valence-electron chi connectivity index (χ0n) is 12.5. The minimum atomic E-state index is -0.0111. The number of carbonyl (C=O) groups is 1. The summed E-state index contributed by atoms with van der Waals surface area (Å²) in [5.41, 5.74) is 2.15. The highest BCUT2D eigenvalue weighted by Gasteiger charge is 2.31. The summed E-state index contributed by atoms with van der Waals surface area (Å²) in [6.45, 7) is 0.766. The van der Waals surface area contributed by atoms with Crippen LogP contribution in [-0.4, -0.2) is 23.1 Å². The van der Waals surface area contributed by atoms with Crippen LogP contribution in [0.1, 0.15) is 22.9 Å². The van der Waals surface area contributed by atoms with Crippen molar-refractivity contribution < 1.29 is 4.79 Å². The van der Waals surface area contributed by atoms with Crippen LogP contribution in [0.5, 0.6) is 0 Å². The number of thioether (sulfide) groups is 1. The molecule has 0 unspecified atom stereocenters. The van der Waals surface area contributed by atoms with Crippen molar-refractivity contribution in [2.75, 3.05) is 12.3 Å². The summed E-state index contributed by atoms with van der Waals surface area (Å²) >= 11 is 14.0. The summed E-state index contributed by atoms with van der Waals surface area (Å²) in [6, 6.07) is 15.6. The lowest BCUT2D eigenvalue weighted by Gasteiger charge is -2.25. The minimum absolute atomic E-state index is 0.0111. The fourth-order valence-electron chi connectivity index (χ4n) is 2.72. The van der Waals surface area contributed by atoms with Crippen molar-refractivity contribution in [3.63, 3.8) is 0 Å². The highest BCUT2D eigenvalue weighted by molar-refractivity contribution is 7.99. The van der Waals surface area contributed by atoms with Crippen molar-refractivity contribution in [1.29, 1.82) is 0 Å². The molecule has 1 fully saturated rings. The van der Waals surface area contributed by atoms with Crippen molar-refractivity contribution in [2.24, 2.45) is 0 Å². The molecule has 2 nitrogen and oxygen atoms in total. The molecule has 0 bridgehead atoms. The summed E-state index contributed by atoms with van der Waals surface area (Å²) in [7, 11) is 0. The second kappa shape index (κ2) is 7.61. The van der Waals surface area contributed by atoms with E-state index in [0.29, 0.717) is 16.5 Å². The molecule has 3 rings (SSSR count). The van der Waals surface area contributed by atoms with E-state index in [0.717, 1.165) is 24.3 Å². The van der Waals surface area contributed by atoms with Crippen molar-refractivity contribution in [3.8, 4) is 0 Å². The van der Waals surface area contributed by atoms with E-state index in [1.54, 1.807) is 17.8 Å². The molecular weight excluding hydrogens is 349 g/mol. The van der Waals surface area contributed by atoms with Gasteiger partial charge in [0.1, 0.15) is 5.37 Å². The predicted molar refractivity (Wildman–Crippen MR) is 98.1 cm³/mol. The molecule has 1 amide bonds. The third-order valence-corrected chi connectivity index (χ3v) is 5.72. The van der Waals surface area contributed by atoms with Crippen LogP contribution in [-0.2, 0) is 11.2 Å². The zero-order valence-corrected chi connectivity index (χ0v) is 14.9. The largest absolute Gasteiger partial charge is 0.326 e. The third-order valence-electron chi connectivity index (χ3n) is 3.91. The molecule has 1 aliphatic heterocycles. The van der Waals surface area contributed by atoms with Crippen LogP contribution < -0.4 is 0 Å². The van der Waals surface area contributed by atoms with E-state index in [2.05, 4.69) is 12.1 Å². The maximum absolute atomic E-state index is 12.6. The Bertz CT molecular complexity index is 693. The fourth-order valence-corrected chi connectivity index (χ4v) is 4.61. The van der Waals surface area contributed by atoms with Gasteiger partial charge < -0.3 is 4.90 Å². The van der Waals surface area contributed by atoms with E-state index in [9.17, 15) is 4.79 Å². The van der Waals surface area contributed by atoms with Gasteiger partial charge in [-0.15, -0.1) is 11.8 Å². The highest BCUT2D eigenvalue weighted by Crippen LogP contribution is 2.41. The summed E-state index contributed by atoms with van der Waals surface area (Å²) in [6.07, 6.45) is 1.29. The Hall–Kier alpha value is -1.16. The van der Waals surface area contributed by atoms with E-state index in [-0.39, 0.29) is 11.3 Å². The summed E-state index contributed by atoms with van der Waals surface area (Å²) in [5.74, 6) is 1.11. The molecule has 120 valence electrons. The van der Waals surface area contributed by atoms with Crippen molar-refractivity contribution in [3.05, 3.63) is 69.7 Å². The van der Waals surface area contributed by atoms with E-state index in [4.69, 9.17) is 23.2 Å². The Morgan fingerprint density at radius 1 is 1.17 bits per heavy atom. The number of halogens is 2. The van der Waals surface area contributed by atoms with Gasteiger partial charge in [0.15, 0.2) is 0 Å². The van der Waals surface area contributed by atoms with E-state index in [1.165, 1.54) is 5.56 Å². The summed E-state index contributed by atoms with van der Waals surface area (Å²) in [5, 5.41) is 1.23. The van der Waals surface area contributed by atoms with Gasteiger partial charge in [0.25, 0.3) is 0 Å². The fraction of sp³-hybridized carbons (Fsp3) is 0.278. The molecule has 0 spiro atoms. The molecule has 1 atom stereocenters. The van der Waals surface area contributed by atoms with E-state index < -0.39 is 0 Å². The number of amides is 1. The van der Waals surface area contributed by atoms with Gasteiger partial charge >= 0.3 is 0 Å². The predicted octanol–water partition coefficient (Wildman–Crippen LogP) is 5.20. The van der Waals surface area contributed by atoms with Gasteiger partial charge in [0, 0.05) is 34.3 Å². The molecule has 1 saturated heterocycles. The molecule has 0 aromatic heterocycles. The van der Waals surface area contributed by atoms with Crippen molar-refractivity contribution >= 4 is 40.9 Å². The zero-order chi connectivity index (χ0) is 16.2. The van der Waals surface area contributed by atoms with Gasteiger partial charge in [-0.3, -0.25) is 4.79 Å². The van der Waals surface area contributed by atoms with Crippen LogP contribution in [0.4, 0.5) is 0 Å². The number of hydrogen-bond donors (Lipinski definition) is 0. The maximum Gasteiger partial charge on any atom is 0.224 e. The second-order valence-electron chi connectivity index (χ2n) is 5.46. The number of carbonyl (C=O) groups excluding carboxylic acids is 1. The minimum Gasteiger partial charge on any atom is -0.326 e. The molecule has 0 aliphatic carbocycles. The lowest BCUT2D eigenvalue weighted by Crippen LogP contribution is -2.30. The first kappa shape index (κ1) is 16.7. The SMILES string of the molecule is O=C(CCc1ccccc1)N1CCS[C@@H]1c1ccc(Cl)cc1Cl. The van der Waals surface area contributed by atoms with Gasteiger partial charge in [-0.1, -0.05) is 59.6 Å². The molecule has 0 radical (unpaired) electrons. The first-order valence-electron chi connectivity index (χ1n) is 7.55. The standard InChI is InChI=1S/C18H17Cl2NOS/c19-14-7-8-15(16(20)12-14)18-21(10-11-23-18)17(22)9-6-13-4-2-1-3-5-13/h1-5,7-8,12,18H,6,9-11H2/t18-/m1/s1. The highest BCUT2D eigenvalue weighted by atomic mass is 35.5. The average Bonchev–Trinajstić information content (AvgIpc) is 3.03. The third kappa shape index (κ3) is 4.03. The Balaban J connectivity index is 1.69. The lowest BCUT2D eigenvalue weighted by molar-refractivity contribution is -0.131. The van der Waals surface area contributed by atoms with Crippen LogP contribution in [0.2, 0.25) is 10.0 Å². The molecule has 2 aromatic rings. The van der Waals surface area contributed by atoms with Crippen LogP contribution in [0, 0.1) is 0 Å². The Morgan fingerprint density at radius 2 is 1.96 bits per heavy atom. The van der Waals surface area contributed by atoms with Gasteiger partial charge in [-0.2, -0.15) is 0 Å². The average molecular weight is 366 g/mol. The number of hydrogen-bond acceptors (Lipinski definition) is 2. The normalized spacial score (nSPS) is 17.5. The number of rotatable bonds is 4. The second-order valence-corrected chi connectivity index (χ2v) is 7.49. The molecule has 0 N–H and O–H groups in total. The van der Waals surface area contributed by atoms with E-state index >= 15 is 0 Å². The molecule has 2 aromatic carbocycles.